The van der Waals surface area contributed by atoms with Crippen molar-refractivity contribution in [2.24, 2.45) is 11.7 Å². The highest BCUT2D eigenvalue weighted by Gasteiger charge is 2.32. The van der Waals surface area contributed by atoms with Crippen molar-refractivity contribution in [1.82, 2.24) is 4.90 Å². The van der Waals surface area contributed by atoms with Crippen LogP contribution in [0.25, 0.3) is 0 Å². The van der Waals surface area contributed by atoms with Gasteiger partial charge < -0.3 is 5.73 Å². The van der Waals surface area contributed by atoms with Crippen molar-refractivity contribution in [1.29, 1.82) is 0 Å². The molecule has 0 saturated carbocycles. The Bertz CT molecular complexity index is 422. The summed E-state index contributed by atoms with van der Waals surface area (Å²) in [5, 5.41) is 1.53. The fraction of sp³-hybridized carbons (Fsp3) is 0.571. The van der Waals surface area contributed by atoms with Crippen molar-refractivity contribution in [3.8, 4) is 0 Å². The summed E-state index contributed by atoms with van der Waals surface area (Å²) in [5.41, 5.74) is 6.88. The zero-order chi connectivity index (χ0) is 13.3. The molecule has 3 unspecified atom stereocenters. The van der Waals surface area contributed by atoms with Crippen molar-refractivity contribution >= 4 is 23.2 Å². The summed E-state index contributed by atoms with van der Waals surface area (Å²) in [4.78, 5) is 2.47. The molecule has 18 heavy (non-hydrogen) atoms. The summed E-state index contributed by atoms with van der Waals surface area (Å²) in [6, 6.07) is 6.50. The lowest BCUT2D eigenvalue weighted by Crippen LogP contribution is -2.31. The van der Waals surface area contributed by atoms with Crippen LogP contribution in [-0.2, 0) is 0 Å². The van der Waals surface area contributed by atoms with Gasteiger partial charge in [-0.2, -0.15) is 0 Å². The summed E-state index contributed by atoms with van der Waals surface area (Å²) >= 11 is 12.3. The van der Waals surface area contributed by atoms with Crippen LogP contribution in [0.4, 0.5) is 0 Å². The van der Waals surface area contributed by atoms with Gasteiger partial charge in [-0.3, -0.25) is 4.90 Å². The minimum atomic E-state index is 0.280. The molecule has 1 aliphatic rings. The molecule has 2 N–H and O–H groups in total. The summed E-state index contributed by atoms with van der Waals surface area (Å²) in [6.07, 6.45) is 1.17. The Morgan fingerprint density at radius 1 is 1.44 bits per heavy atom. The van der Waals surface area contributed by atoms with E-state index in [1.165, 1.54) is 6.42 Å². The van der Waals surface area contributed by atoms with E-state index in [1.807, 2.05) is 18.2 Å². The number of hydrogen-bond acceptors (Lipinski definition) is 2. The van der Waals surface area contributed by atoms with Gasteiger partial charge in [-0.15, -0.1) is 0 Å². The predicted molar refractivity (Wildman–Crippen MR) is 78.2 cm³/mol. The van der Waals surface area contributed by atoms with Gasteiger partial charge in [0.2, 0.25) is 0 Å². The van der Waals surface area contributed by atoms with E-state index in [-0.39, 0.29) is 6.04 Å². The Labute approximate surface area is 119 Å². The van der Waals surface area contributed by atoms with E-state index in [9.17, 15) is 0 Å². The Kier molecular flexibility index (Phi) is 4.54. The molecule has 100 valence electrons. The maximum absolute atomic E-state index is 6.28. The van der Waals surface area contributed by atoms with Gasteiger partial charge in [-0.1, -0.05) is 23.2 Å². The molecule has 1 aliphatic heterocycles. The highest BCUT2D eigenvalue weighted by molar-refractivity contribution is 6.33. The minimum absolute atomic E-state index is 0.280. The molecule has 1 aromatic rings. The third-order valence-corrected chi connectivity index (χ3v) is 4.53. The molecule has 0 aliphatic carbocycles. The first-order valence-electron chi connectivity index (χ1n) is 6.43. The van der Waals surface area contributed by atoms with E-state index >= 15 is 0 Å². The van der Waals surface area contributed by atoms with Gasteiger partial charge in [0, 0.05) is 28.7 Å². The molecule has 0 amide bonds. The van der Waals surface area contributed by atoms with Gasteiger partial charge in [0.1, 0.15) is 0 Å². The molecule has 0 radical (unpaired) electrons. The molecule has 0 aromatic heterocycles. The quantitative estimate of drug-likeness (QED) is 0.918. The normalized spacial score (nSPS) is 26.5. The van der Waals surface area contributed by atoms with Gasteiger partial charge in [0.15, 0.2) is 0 Å². The molecular formula is C14H20Cl2N2. The van der Waals surface area contributed by atoms with Crippen LogP contribution in [0.1, 0.15) is 31.9 Å². The highest BCUT2D eigenvalue weighted by atomic mass is 35.5. The molecule has 0 spiro atoms. The van der Waals surface area contributed by atoms with Crippen LogP contribution in [-0.4, -0.2) is 24.0 Å². The second kappa shape index (κ2) is 5.79. The monoisotopic (exact) mass is 286 g/mol. The van der Waals surface area contributed by atoms with Crippen molar-refractivity contribution in [3.63, 3.8) is 0 Å². The van der Waals surface area contributed by atoms with Gasteiger partial charge in [-0.25, -0.2) is 0 Å². The second-order valence-electron chi connectivity index (χ2n) is 5.23. The molecule has 1 fully saturated rings. The zero-order valence-corrected chi connectivity index (χ0v) is 12.4. The maximum Gasteiger partial charge on any atom is 0.0454 e. The fourth-order valence-electron chi connectivity index (χ4n) is 2.89. The average Bonchev–Trinajstić information content (AvgIpc) is 2.73. The van der Waals surface area contributed by atoms with Crippen molar-refractivity contribution in [2.75, 3.05) is 13.1 Å². The summed E-state index contributed by atoms with van der Waals surface area (Å²) in [7, 11) is 0. The van der Waals surface area contributed by atoms with Gasteiger partial charge in [-0.05, 0) is 56.5 Å². The van der Waals surface area contributed by atoms with Gasteiger partial charge in [0.25, 0.3) is 0 Å². The van der Waals surface area contributed by atoms with Gasteiger partial charge in [0.05, 0.1) is 0 Å². The van der Waals surface area contributed by atoms with Crippen molar-refractivity contribution in [3.05, 3.63) is 33.8 Å². The number of hydrogen-bond donors (Lipinski definition) is 1. The van der Waals surface area contributed by atoms with E-state index in [2.05, 4.69) is 18.7 Å². The third-order valence-electron chi connectivity index (χ3n) is 3.95. The SMILES string of the molecule is CC1CC(CN)CN1C(C)c1cc(Cl)ccc1Cl. The topological polar surface area (TPSA) is 29.3 Å². The minimum Gasteiger partial charge on any atom is -0.330 e. The van der Waals surface area contributed by atoms with Crippen LogP contribution in [0.2, 0.25) is 10.0 Å². The van der Waals surface area contributed by atoms with E-state index in [4.69, 9.17) is 28.9 Å². The number of halogens is 2. The molecular weight excluding hydrogens is 267 g/mol. The molecule has 3 atom stereocenters. The molecule has 1 saturated heterocycles. The largest absolute Gasteiger partial charge is 0.330 e. The Morgan fingerprint density at radius 3 is 2.78 bits per heavy atom. The Balaban J connectivity index is 2.20. The Morgan fingerprint density at radius 2 is 2.17 bits per heavy atom. The van der Waals surface area contributed by atoms with E-state index in [0.29, 0.717) is 12.0 Å². The molecule has 1 aromatic carbocycles. The number of nitrogens with zero attached hydrogens (tertiary/aromatic N) is 1. The van der Waals surface area contributed by atoms with Crippen molar-refractivity contribution in [2.45, 2.75) is 32.4 Å². The van der Waals surface area contributed by atoms with Crippen molar-refractivity contribution < 1.29 is 0 Å². The first kappa shape index (κ1) is 14.1. The maximum atomic E-state index is 6.28. The highest BCUT2D eigenvalue weighted by Crippen LogP contribution is 2.35. The van der Waals surface area contributed by atoms with Crippen LogP contribution < -0.4 is 5.73 Å². The lowest BCUT2D eigenvalue weighted by atomic mass is 10.1. The smallest absolute Gasteiger partial charge is 0.0454 e. The number of likely N-dealkylation sites (tertiary alicyclic amines) is 1. The average molecular weight is 287 g/mol. The molecule has 2 nitrogen and oxygen atoms in total. The number of nitrogens with two attached hydrogens (primary N) is 1. The van der Waals surface area contributed by atoms with Crippen LogP contribution in [0.5, 0.6) is 0 Å². The first-order valence-corrected chi connectivity index (χ1v) is 7.19. The number of rotatable bonds is 3. The summed E-state index contributed by atoms with van der Waals surface area (Å²) in [5.74, 6) is 0.598. The second-order valence-corrected chi connectivity index (χ2v) is 6.07. The lowest BCUT2D eigenvalue weighted by molar-refractivity contribution is 0.201. The van der Waals surface area contributed by atoms with E-state index in [0.717, 1.165) is 28.7 Å². The van der Waals surface area contributed by atoms with Crippen LogP contribution >= 0.6 is 23.2 Å². The number of benzene rings is 1. The predicted octanol–water partition coefficient (Wildman–Crippen LogP) is 3.72. The van der Waals surface area contributed by atoms with Crippen LogP contribution in [0.3, 0.4) is 0 Å². The zero-order valence-electron chi connectivity index (χ0n) is 10.9. The van der Waals surface area contributed by atoms with Crippen LogP contribution in [0.15, 0.2) is 18.2 Å². The molecule has 2 rings (SSSR count). The van der Waals surface area contributed by atoms with Crippen LogP contribution in [0, 0.1) is 5.92 Å². The summed E-state index contributed by atoms with van der Waals surface area (Å²) in [6.45, 7) is 6.25. The standard InChI is InChI=1S/C14H20Cl2N2/c1-9-5-11(7-17)8-18(9)10(2)13-6-12(15)3-4-14(13)16/h3-4,6,9-11H,5,7-8,17H2,1-2H3. The molecule has 4 heteroatoms. The van der Waals surface area contributed by atoms with Gasteiger partial charge >= 0.3 is 0 Å². The first-order chi connectivity index (χ1) is 8.52. The van der Waals surface area contributed by atoms with E-state index < -0.39 is 0 Å². The Hall–Kier alpha value is -0.280. The summed E-state index contributed by atoms with van der Waals surface area (Å²) < 4.78 is 0. The molecule has 0 bridgehead atoms. The third kappa shape index (κ3) is 2.83. The lowest BCUT2D eigenvalue weighted by Gasteiger charge is -2.29. The fourth-order valence-corrected chi connectivity index (χ4v) is 3.35. The molecule has 1 heterocycles. The van der Waals surface area contributed by atoms with E-state index in [1.54, 1.807) is 0 Å².